The average Bonchev–Trinajstić information content (AvgIpc) is 2.40. The summed E-state index contributed by atoms with van der Waals surface area (Å²) < 4.78 is 5.78. The molecule has 1 heterocycles. The smallest absolute Gasteiger partial charge is 0.0594 e. The fraction of sp³-hybridized carbons (Fsp3) is 0.600. The maximum atomic E-state index is 5.78. The summed E-state index contributed by atoms with van der Waals surface area (Å²) in [4.78, 5) is 1.32. The maximum Gasteiger partial charge on any atom is 0.0594 e. The Morgan fingerprint density at radius 1 is 1.33 bits per heavy atom. The highest BCUT2D eigenvalue weighted by molar-refractivity contribution is 7.98. The fourth-order valence-electron chi connectivity index (χ4n) is 2.46. The highest BCUT2D eigenvalue weighted by Crippen LogP contribution is 2.23. The summed E-state index contributed by atoms with van der Waals surface area (Å²) in [5.74, 6) is 0. The van der Waals surface area contributed by atoms with E-state index in [0.29, 0.717) is 12.1 Å². The van der Waals surface area contributed by atoms with Crippen molar-refractivity contribution in [2.24, 2.45) is 0 Å². The van der Waals surface area contributed by atoms with Gasteiger partial charge in [-0.1, -0.05) is 13.3 Å². The third-order valence-corrected chi connectivity index (χ3v) is 4.18. The van der Waals surface area contributed by atoms with E-state index in [1.54, 1.807) is 11.8 Å². The number of benzene rings is 1. The van der Waals surface area contributed by atoms with E-state index in [2.05, 4.69) is 42.8 Å². The molecule has 1 saturated heterocycles. The zero-order chi connectivity index (χ0) is 12.8. The first-order chi connectivity index (χ1) is 8.81. The molecule has 2 nitrogen and oxygen atoms in total. The van der Waals surface area contributed by atoms with Gasteiger partial charge in [-0.2, -0.15) is 0 Å². The Morgan fingerprint density at radius 2 is 2.11 bits per heavy atom. The van der Waals surface area contributed by atoms with E-state index in [4.69, 9.17) is 4.74 Å². The molecule has 1 aliphatic heterocycles. The Balaban J connectivity index is 1.87. The van der Waals surface area contributed by atoms with Crippen LogP contribution in [0.1, 0.15) is 32.6 Å². The lowest BCUT2D eigenvalue weighted by molar-refractivity contribution is 0.00598. The largest absolute Gasteiger partial charge is 0.382 e. The van der Waals surface area contributed by atoms with Crippen LogP contribution in [-0.4, -0.2) is 25.0 Å². The van der Waals surface area contributed by atoms with E-state index >= 15 is 0 Å². The molecule has 0 saturated carbocycles. The molecule has 1 aromatic carbocycles. The van der Waals surface area contributed by atoms with Gasteiger partial charge in [0.1, 0.15) is 0 Å². The molecule has 0 aliphatic carbocycles. The van der Waals surface area contributed by atoms with E-state index < -0.39 is 0 Å². The van der Waals surface area contributed by atoms with Crippen LogP contribution < -0.4 is 5.32 Å². The lowest BCUT2D eigenvalue weighted by Gasteiger charge is -2.30. The second-order valence-corrected chi connectivity index (χ2v) is 5.76. The second-order valence-electron chi connectivity index (χ2n) is 4.88. The number of ether oxygens (including phenoxy) is 1. The van der Waals surface area contributed by atoms with Crippen LogP contribution in [0.15, 0.2) is 29.2 Å². The van der Waals surface area contributed by atoms with Crippen LogP contribution in [0.5, 0.6) is 0 Å². The molecule has 0 radical (unpaired) electrons. The number of hydrogen-bond donors (Lipinski definition) is 1. The summed E-state index contributed by atoms with van der Waals surface area (Å²) in [5.41, 5.74) is 1.23. The minimum atomic E-state index is 0.451. The molecular weight excluding hydrogens is 242 g/mol. The van der Waals surface area contributed by atoms with Gasteiger partial charge in [-0.3, -0.25) is 0 Å². The summed E-state index contributed by atoms with van der Waals surface area (Å²) in [6.45, 7) is 3.12. The first-order valence-corrected chi connectivity index (χ1v) is 8.06. The van der Waals surface area contributed by atoms with E-state index in [0.717, 1.165) is 19.4 Å². The molecule has 0 amide bonds. The minimum Gasteiger partial charge on any atom is -0.382 e. The van der Waals surface area contributed by atoms with Gasteiger partial charge >= 0.3 is 0 Å². The number of nitrogens with one attached hydrogen (secondary N) is 1. The van der Waals surface area contributed by atoms with Crippen LogP contribution >= 0.6 is 11.8 Å². The van der Waals surface area contributed by atoms with Crippen LogP contribution in [0, 0.1) is 0 Å². The van der Waals surface area contributed by atoms with Crippen molar-refractivity contribution in [1.29, 1.82) is 0 Å². The molecule has 2 rings (SSSR count). The summed E-state index contributed by atoms with van der Waals surface area (Å²) in [6, 6.07) is 9.27. The molecule has 1 fully saturated rings. The van der Waals surface area contributed by atoms with Gasteiger partial charge in [0.25, 0.3) is 0 Å². The third kappa shape index (κ3) is 3.92. The number of thioether (sulfide) groups is 1. The molecule has 1 aromatic rings. The molecule has 0 spiro atoms. The second kappa shape index (κ2) is 7.05. The molecule has 18 heavy (non-hydrogen) atoms. The molecular formula is C15H23NOS. The Labute approximate surface area is 114 Å². The zero-order valence-electron chi connectivity index (χ0n) is 11.3. The molecule has 3 heteroatoms. The third-order valence-electron chi connectivity index (χ3n) is 3.44. The van der Waals surface area contributed by atoms with Gasteiger partial charge in [-0.15, -0.1) is 11.8 Å². The van der Waals surface area contributed by atoms with E-state index in [1.807, 2.05) is 0 Å². The predicted octanol–water partition coefficient (Wildman–Crippen LogP) is 4.17. The monoisotopic (exact) mass is 265 g/mol. The van der Waals surface area contributed by atoms with Crippen molar-refractivity contribution in [3.63, 3.8) is 0 Å². The van der Waals surface area contributed by atoms with Crippen molar-refractivity contribution in [2.75, 3.05) is 18.2 Å². The van der Waals surface area contributed by atoms with Gasteiger partial charge in [-0.25, -0.2) is 0 Å². The highest BCUT2D eigenvalue weighted by Gasteiger charge is 2.21. The van der Waals surface area contributed by atoms with Crippen LogP contribution in [0.25, 0.3) is 0 Å². The Morgan fingerprint density at radius 3 is 2.78 bits per heavy atom. The number of hydrogen-bond acceptors (Lipinski definition) is 3. The standard InChI is InChI=1S/C15H23NOS/c1-3-4-14-11-13(9-10-17-14)16-12-5-7-15(18-2)8-6-12/h5-8,13-14,16H,3-4,9-11H2,1-2H3. The Bertz CT molecular complexity index is 350. The maximum absolute atomic E-state index is 5.78. The number of rotatable bonds is 5. The quantitative estimate of drug-likeness (QED) is 0.807. The van der Waals surface area contributed by atoms with Crippen LogP contribution in [0.3, 0.4) is 0 Å². The van der Waals surface area contributed by atoms with Crippen LogP contribution in [0.4, 0.5) is 5.69 Å². The van der Waals surface area contributed by atoms with Crippen LogP contribution in [-0.2, 0) is 4.74 Å². The van der Waals surface area contributed by atoms with Gasteiger partial charge in [0, 0.05) is 23.2 Å². The normalized spacial score (nSPS) is 23.9. The van der Waals surface area contributed by atoms with Crippen molar-refractivity contribution in [3.05, 3.63) is 24.3 Å². The predicted molar refractivity (Wildman–Crippen MR) is 79.5 cm³/mol. The molecule has 1 N–H and O–H groups in total. The zero-order valence-corrected chi connectivity index (χ0v) is 12.1. The summed E-state index contributed by atoms with van der Waals surface area (Å²) in [5, 5.41) is 3.63. The van der Waals surface area contributed by atoms with Gasteiger partial charge in [0.15, 0.2) is 0 Å². The minimum absolute atomic E-state index is 0.451. The van der Waals surface area contributed by atoms with E-state index in [9.17, 15) is 0 Å². The Hall–Kier alpha value is -0.670. The SMILES string of the molecule is CCCC1CC(Nc2ccc(SC)cc2)CCO1. The summed E-state index contributed by atoms with van der Waals surface area (Å²) in [6.07, 6.45) is 7.20. The molecule has 0 bridgehead atoms. The van der Waals surface area contributed by atoms with Crippen molar-refractivity contribution in [1.82, 2.24) is 0 Å². The van der Waals surface area contributed by atoms with Gasteiger partial charge in [-0.05, 0) is 49.8 Å². The van der Waals surface area contributed by atoms with Gasteiger partial charge in [0.2, 0.25) is 0 Å². The van der Waals surface area contributed by atoms with Crippen molar-refractivity contribution in [2.45, 2.75) is 49.6 Å². The molecule has 2 unspecified atom stereocenters. The number of anilines is 1. The summed E-state index contributed by atoms with van der Waals surface area (Å²) >= 11 is 1.78. The highest BCUT2D eigenvalue weighted by atomic mass is 32.2. The van der Waals surface area contributed by atoms with Crippen molar-refractivity contribution in [3.8, 4) is 0 Å². The fourth-order valence-corrected chi connectivity index (χ4v) is 2.87. The van der Waals surface area contributed by atoms with Crippen LogP contribution in [0.2, 0.25) is 0 Å². The van der Waals surface area contributed by atoms with E-state index in [-0.39, 0.29) is 0 Å². The lowest BCUT2D eigenvalue weighted by atomic mass is 10.00. The average molecular weight is 265 g/mol. The molecule has 1 aliphatic rings. The van der Waals surface area contributed by atoms with Crippen molar-refractivity contribution < 1.29 is 4.74 Å². The summed E-state index contributed by atoms with van der Waals surface area (Å²) in [7, 11) is 0. The molecule has 100 valence electrons. The van der Waals surface area contributed by atoms with Gasteiger partial charge in [0.05, 0.1) is 6.10 Å². The Kier molecular flexibility index (Phi) is 5.39. The molecule has 0 aromatic heterocycles. The van der Waals surface area contributed by atoms with Crippen molar-refractivity contribution >= 4 is 17.4 Å². The molecule has 2 atom stereocenters. The first kappa shape index (κ1) is 13.8. The topological polar surface area (TPSA) is 21.3 Å². The van der Waals surface area contributed by atoms with E-state index in [1.165, 1.54) is 23.4 Å². The van der Waals surface area contributed by atoms with Gasteiger partial charge < -0.3 is 10.1 Å². The first-order valence-electron chi connectivity index (χ1n) is 6.84. The lowest BCUT2D eigenvalue weighted by Crippen LogP contribution is -2.33.